The zero-order valence-corrected chi connectivity index (χ0v) is 13.0. The van der Waals surface area contributed by atoms with Gasteiger partial charge in [-0.15, -0.1) is 11.3 Å². The van der Waals surface area contributed by atoms with Gasteiger partial charge in [0.1, 0.15) is 0 Å². The summed E-state index contributed by atoms with van der Waals surface area (Å²) in [6.45, 7) is 4.85. The molecule has 2 rings (SSSR count). The van der Waals surface area contributed by atoms with Gasteiger partial charge in [0.15, 0.2) is 3.95 Å². The lowest BCUT2D eigenvalue weighted by Crippen LogP contribution is -2.43. The van der Waals surface area contributed by atoms with Crippen molar-refractivity contribution in [3.63, 3.8) is 0 Å². The SMILES string of the molecule is CC[C@H](NC(=O)Cc1sc(=S)[nH]c1C)[C@@H]1CCCO1. The third-order valence-electron chi connectivity index (χ3n) is 3.44. The number of thiazole rings is 1. The quantitative estimate of drug-likeness (QED) is 0.822. The zero-order chi connectivity index (χ0) is 13.8. The van der Waals surface area contributed by atoms with Gasteiger partial charge < -0.3 is 15.0 Å². The summed E-state index contributed by atoms with van der Waals surface area (Å²) in [6, 6.07) is 0.127. The predicted molar refractivity (Wildman–Crippen MR) is 79.1 cm³/mol. The van der Waals surface area contributed by atoms with Gasteiger partial charge in [-0.1, -0.05) is 6.92 Å². The maximum Gasteiger partial charge on any atom is 0.225 e. The first-order valence-corrected chi connectivity index (χ1v) is 7.92. The fraction of sp³-hybridized carbons (Fsp3) is 0.692. The van der Waals surface area contributed by atoms with E-state index in [4.69, 9.17) is 17.0 Å². The average Bonchev–Trinajstić information content (AvgIpc) is 2.97. The van der Waals surface area contributed by atoms with Crippen molar-refractivity contribution in [1.29, 1.82) is 0 Å². The van der Waals surface area contributed by atoms with Crippen LogP contribution in [0.25, 0.3) is 0 Å². The molecule has 6 heteroatoms. The number of hydrogen-bond donors (Lipinski definition) is 2. The number of carbonyl (C=O) groups excluding carboxylic acids is 1. The molecule has 0 unspecified atom stereocenters. The molecule has 2 atom stereocenters. The second kappa shape index (κ2) is 6.63. The van der Waals surface area contributed by atoms with Gasteiger partial charge in [-0.25, -0.2) is 0 Å². The molecule has 4 nitrogen and oxygen atoms in total. The lowest BCUT2D eigenvalue weighted by molar-refractivity contribution is -0.122. The van der Waals surface area contributed by atoms with Crippen LogP contribution in [0.15, 0.2) is 0 Å². The molecule has 2 heterocycles. The Morgan fingerprint density at radius 1 is 1.68 bits per heavy atom. The van der Waals surface area contributed by atoms with Gasteiger partial charge in [-0.05, 0) is 38.4 Å². The predicted octanol–water partition coefficient (Wildman–Crippen LogP) is 2.73. The van der Waals surface area contributed by atoms with Gasteiger partial charge in [0.05, 0.1) is 18.6 Å². The average molecular weight is 300 g/mol. The van der Waals surface area contributed by atoms with Crippen LogP contribution in [0.3, 0.4) is 0 Å². The molecular formula is C13H20N2O2S2. The molecule has 0 aliphatic carbocycles. The molecule has 0 spiro atoms. The number of aromatic amines is 1. The largest absolute Gasteiger partial charge is 0.376 e. The first kappa shape index (κ1) is 14.7. The normalized spacial score (nSPS) is 20.4. The standard InChI is InChI=1S/C13H20N2O2S2/c1-3-9(10-5-4-6-17-10)15-12(16)7-11-8(2)14-13(18)19-11/h9-10H,3-7H2,1-2H3,(H,14,18)(H,15,16)/t9-,10-/m0/s1. The van der Waals surface area contributed by atoms with Crippen molar-refractivity contribution in [3.05, 3.63) is 14.5 Å². The van der Waals surface area contributed by atoms with Crippen LogP contribution < -0.4 is 5.32 Å². The molecule has 1 aliphatic rings. The molecule has 1 saturated heterocycles. The maximum absolute atomic E-state index is 12.1. The van der Waals surface area contributed by atoms with E-state index in [-0.39, 0.29) is 18.1 Å². The summed E-state index contributed by atoms with van der Waals surface area (Å²) in [5, 5.41) is 3.09. The number of aryl methyl sites for hydroxylation is 1. The van der Waals surface area contributed by atoms with Crippen molar-refractivity contribution < 1.29 is 9.53 Å². The van der Waals surface area contributed by atoms with E-state index in [1.54, 1.807) is 0 Å². The summed E-state index contributed by atoms with van der Waals surface area (Å²) in [5.41, 5.74) is 0.996. The fourth-order valence-electron chi connectivity index (χ4n) is 2.39. The summed E-state index contributed by atoms with van der Waals surface area (Å²) < 4.78 is 6.38. The second-order valence-electron chi connectivity index (χ2n) is 4.87. The van der Waals surface area contributed by atoms with Crippen LogP contribution in [0.1, 0.15) is 36.8 Å². The number of ether oxygens (including phenoxy) is 1. The lowest BCUT2D eigenvalue weighted by Gasteiger charge is -2.22. The molecule has 1 aliphatic heterocycles. The number of nitrogens with one attached hydrogen (secondary N) is 2. The molecule has 0 saturated carbocycles. The van der Waals surface area contributed by atoms with E-state index in [2.05, 4.69) is 17.2 Å². The summed E-state index contributed by atoms with van der Waals surface area (Å²) >= 11 is 6.56. The summed E-state index contributed by atoms with van der Waals surface area (Å²) in [4.78, 5) is 16.2. The highest BCUT2D eigenvalue weighted by Crippen LogP contribution is 2.19. The molecule has 1 aromatic rings. The van der Waals surface area contributed by atoms with Crippen molar-refractivity contribution in [2.24, 2.45) is 0 Å². The van der Waals surface area contributed by atoms with Crippen LogP contribution in [0, 0.1) is 10.9 Å². The Hall–Kier alpha value is -0.720. The first-order chi connectivity index (χ1) is 9.10. The molecule has 106 valence electrons. The van der Waals surface area contributed by atoms with Crippen LogP contribution in [0.5, 0.6) is 0 Å². The highest BCUT2D eigenvalue weighted by Gasteiger charge is 2.26. The maximum atomic E-state index is 12.1. The van der Waals surface area contributed by atoms with E-state index < -0.39 is 0 Å². The topological polar surface area (TPSA) is 54.1 Å². The molecule has 19 heavy (non-hydrogen) atoms. The van der Waals surface area contributed by atoms with Crippen molar-refractivity contribution in [2.45, 2.75) is 51.7 Å². The molecule has 1 aromatic heterocycles. The van der Waals surface area contributed by atoms with Crippen LogP contribution in [0.4, 0.5) is 0 Å². The number of amides is 1. The smallest absolute Gasteiger partial charge is 0.225 e. The van der Waals surface area contributed by atoms with E-state index in [0.29, 0.717) is 6.42 Å². The minimum absolute atomic E-state index is 0.0516. The number of H-pyrrole nitrogens is 1. The van der Waals surface area contributed by atoms with E-state index in [1.165, 1.54) is 11.3 Å². The van der Waals surface area contributed by atoms with Crippen LogP contribution in [0.2, 0.25) is 0 Å². The first-order valence-electron chi connectivity index (χ1n) is 6.69. The number of aromatic nitrogens is 1. The second-order valence-corrected chi connectivity index (χ2v) is 6.65. The van der Waals surface area contributed by atoms with Crippen LogP contribution in [-0.2, 0) is 16.0 Å². The molecule has 2 N–H and O–H groups in total. The Bertz CT molecular complexity index is 489. The highest BCUT2D eigenvalue weighted by molar-refractivity contribution is 7.73. The Balaban J connectivity index is 1.92. The minimum Gasteiger partial charge on any atom is -0.376 e. The van der Waals surface area contributed by atoms with E-state index in [1.807, 2.05) is 6.92 Å². The zero-order valence-electron chi connectivity index (χ0n) is 11.3. The van der Waals surface area contributed by atoms with Crippen LogP contribution in [-0.4, -0.2) is 29.6 Å². The van der Waals surface area contributed by atoms with Gasteiger partial charge in [-0.2, -0.15) is 0 Å². The number of hydrogen-bond acceptors (Lipinski definition) is 4. The third kappa shape index (κ3) is 3.87. The van der Waals surface area contributed by atoms with Crippen LogP contribution >= 0.6 is 23.6 Å². The monoisotopic (exact) mass is 300 g/mol. The highest BCUT2D eigenvalue weighted by atomic mass is 32.1. The summed E-state index contributed by atoms with van der Waals surface area (Å²) in [5.74, 6) is 0.0516. The molecular weight excluding hydrogens is 280 g/mol. The van der Waals surface area contributed by atoms with Crippen molar-refractivity contribution in [3.8, 4) is 0 Å². The van der Waals surface area contributed by atoms with Gasteiger partial charge >= 0.3 is 0 Å². The molecule has 1 fully saturated rings. The van der Waals surface area contributed by atoms with E-state index in [9.17, 15) is 4.79 Å². The van der Waals surface area contributed by atoms with Gasteiger partial charge in [0, 0.05) is 17.2 Å². The molecule has 0 radical (unpaired) electrons. The number of rotatable bonds is 5. The lowest BCUT2D eigenvalue weighted by atomic mass is 10.1. The third-order valence-corrected chi connectivity index (χ3v) is 4.78. The van der Waals surface area contributed by atoms with Crippen molar-refractivity contribution in [1.82, 2.24) is 10.3 Å². The molecule has 0 bridgehead atoms. The fourth-order valence-corrected chi connectivity index (χ4v) is 3.68. The Kier molecular flexibility index (Phi) is 5.13. The van der Waals surface area contributed by atoms with Crippen molar-refractivity contribution >= 4 is 29.5 Å². The van der Waals surface area contributed by atoms with Gasteiger partial charge in [0.25, 0.3) is 0 Å². The molecule has 0 aromatic carbocycles. The Morgan fingerprint density at radius 2 is 2.47 bits per heavy atom. The summed E-state index contributed by atoms with van der Waals surface area (Å²) in [7, 11) is 0. The Morgan fingerprint density at radius 3 is 3.00 bits per heavy atom. The number of carbonyl (C=O) groups is 1. The summed E-state index contributed by atoms with van der Waals surface area (Å²) in [6.07, 6.45) is 3.61. The Labute approximate surface area is 122 Å². The minimum atomic E-state index is 0.0516. The van der Waals surface area contributed by atoms with E-state index >= 15 is 0 Å². The van der Waals surface area contributed by atoms with E-state index in [0.717, 1.165) is 40.4 Å². The molecule has 1 amide bonds. The van der Waals surface area contributed by atoms with Gasteiger partial charge in [-0.3, -0.25) is 4.79 Å². The van der Waals surface area contributed by atoms with Gasteiger partial charge in [0.2, 0.25) is 5.91 Å². The van der Waals surface area contributed by atoms with Crippen molar-refractivity contribution in [2.75, 3.05) is 6.61 Å².